The van der Waals surface area contributed by atoms with Gasteiger partial charge in [0.2, 0.25) is 5.91 Å². The monoisotopic (exact) mass is 425 g/mol. The van der Waals surface area contributed by atoms with E-state index in [0.717, 1.165) is 25.2 Å². The molecule has 0 atom stereocenters. The summed E-state index contributed by atoms with van der Waals surface area (Å²) in [6.45, 7) is 7.70. The fraction of sp³-hybridized carbons (Fsp3) is 0.348. The third-order valence-corrected chi connectivity index (χ3v) is 5.21. The summed E-state index contributed by atoms with van der Waals surface area (Å²) in [5.74, 6) is 0.218. The SMILES string of the molecule is CCN(CC)Cc1ccccc1CNC(=O)/C=C/c1cc([N+](=O)[O-])cc2c1OCOC2. The first kappa shape index (κ1) is 22.5. The zero-order valence-electron chi connectivity index (χ0n) is 17.8. The van der Waals surface area contributed by atoms with Crippen LogP contribution in [0.2, 0.25) is 0 Å². The lowest BCUT2D eigenvalue weighted by atomic mass is 10.1. The number of fused-ring (bicyclic) bond motifs is 1. The van der Waals surface area contributed by atoms with Crippen molar-refractivity contribution in [3.05, 3.63) is 74.8 Å². The highest BCUT2D eigenvalue weighted by molar-refractivity contribution is 5.92. The maximum Gasteiger partial charge on any atom is 0.270 e. The molecule has 1 heterocycles. The van der Waals surface area contributed by atoms with Crippen molar-refractivity contribution < 1.29 is 19.2 Å². The molecule has 0 aromatic heterocycles. The van der Waals surface area contributed by atoms with Crippen LogP contribution in [-0.2, 0) is 29.2 Å². The van der Waals surface area contributed by atoms with E-state index in [1.165, 1.54) is 29.8 Å². The van der Waals surface area contributed by atoms with Gasteiger partial charge in [0, 0.05) is 42.4 Å². The number of nitro groups is 1. The molecule has 0 saturated carbocycles. The highest BCUT2D eigenvalue weighted by Gasteiger charge is 2.19. The second-order valence-corrected chi connectivity index (χ2v) is 7.17. The van der Waals surface area contributed by atoms with Crippen LogP contribution in [0.1, 0.15) is 36.1 Å². The van der Waals surface area contributed by atoms with Crippen molar-refractivity contribution in [3.8, 4) is 5.75 Å². The van der Waals surface area contributed by atoms with E-state index in [9.17, 15) is 14.9 Å². The maximum absolute atomic E-state index is 12.4. The van der Waals surface area contributed by atoms with E-state index in [2.05, 4.69) is 30.1 Å². The van der Waals surface area contributed by atoms with Gasteiger partial charge in [-0.25, -0.2) is 0 Å². The van der Waals surface area contributed by atoms with Gasteiger partial charge in [-0.1, -0.05) is 38.1 Å². The lowest BCUT2D eigenvalue weighted by molar-refractivity contribution is -0.385. The number of rotatable bonds is 9. The molecule has 1 N–H and O–H groups in total. The van der Waals surface area contributed by atoms with Gasteiger partial charge in [0.1, 0.15) is 5.75 Å². The van der Waals surface area contributed by atoms with Crippen LogP contribution in [0.4, 0.5) is 5.69 Å². The standard InChI is InChI=1S/C23H27N3O5/c1-3-25(4-2)14-19-8-6-5-7-18(19)13-24-22(27)10-9-17-11-21(26(28)29)12-20-15-30-16-31-23(17)20/h5-12H,3-4,13-16H2,1-2H3,(H,24,27)/b10-9+. The number of hydrogen-bond acceptors (Lipinski definition) is 6. The highest BCUT2D eigenvalue weighted by atomic mass is 16.7. The van der Waals surface area contributed by atoms with Gasteiger partial charge in [-0.2, -0.15) is 0 Å². The molecule has 2 aromatic carbocycles. The van der Waals surface area contributed by atoms with E-state index in [1.54, 1.807) is 0 Å². The van der Waals surface area contributed by atoms with Crippen molar-refractivity contribution in [3.63, 3.8) is 0 Å². The minimum Gasteiger partial charge on any atom is -0.467 e. The van der Waals surface area contributed by atoms with E-state index in [-0.39, 0.29) is 25.0 Å². The maximum atomic E-state index is 12.4. The molecule has 0 unspecified atom stereocenters. The van der Waals surface area contributed by atoms with Gasteiger partial charge in [0.15, 0.2) is 6.79 Å². The number of benzene rings is 2. The predicted molar refractivity (Wildman–Crippen MR) is 117 cm³/mol. The number of nitro benzene ring substituents is 1. The number of nitrogens with one attached hydrogen (secondary N) is 1. The van der Waals surface area contributed by atoms with Gasteiger partial charge in [-0.05, 0) is 30.3 Å². The van der Waals surface area contributed by atoms with Crippen LogP contribution in [0.15, 0.2) is 42.5 Å². The van der Waals surface area contributed by atoms with Gasteiger partial charge in [-0.15, -0.1) is 0 Å². The number of amides is 1. The molecule has 2 aromatic rings. The minimum atomic E-state index is -0.473. The molecule has 1 aliphatic heterocycles. The first-order valence-electron chi connectivity index (χ1n) is 10.3. The van der Waals surface area contributed by atoms with Gasteiger partial charge >= 0.3 is 0 Å². The smallest absolute Gasteiger partial charge is 0.270 e. The van der Waals surface area contributed by atoms with Crippen LogP contribution >= 0.6 is 0 Å². The van der Waals surface area contributed by atoms with Gasteiger partial charge in [0.25, 0.3) is 5.69 Å². The Labute approximate surface area is 181 Å². The molecule has 1 amide bonds. The summed E-state index contributed by atoms with van der Waals surface area (Å²) in [7, 11) is 0. The third-order valence-electron chi connectivity index (χ3n) is 5.21. The van der Waals surface area contributed by atoms with Crippen molar-refractivity contribution in [1.29, 1.82) is 0 Å². The quantitative estimate of drug-likeness (QED) is 0.375. The topological polar surface area (TPSA) is 93.9 Å². The second kappa shape index (κ2) is 10.7. The molecule has 0 spiro atoms. The molecule has 8 heteroatoms. The summed E-state index contributed by atoms with van der Waals surface area (Å²) < 4.78 is 10.7. The average Bonchev–Trinajstić information content (AvgIpc) is 2.79. The molecule has 8 nitrogen and oxygen atoms in total. The van der Waals surface area contributed by atoms with Gasteiger partial charge in [0.05, 0.1) is 11.5 Å². The third kappa shape index (κ3) is 5.90. The Balaban J connectivity index is 1.70. The first-order valence-corrected chi connectivity index (χ1v) is 10.3. The molecule has 0 radical (unpaired) electrons. The molecular weight excluding hydrogens is 398 g/mol. The molecule has 1 aliphatic rings. The van der Waals surface area contributed by atoms with Crippen molar-refractivity contribution in [2.75, 3.05) is 19.9 Å². The summed E-state index contributed by atoms with van der Waals surface area (Å²) in [6.07, 6.45) is 2.90. The van der Waals surface area contributed by atoms with Gasteiger partial charge in [-0.3, -0.25) is 19.8 Å². The molecule has 164 valence electrons. The zero-order chi connectivity index (χ0) is 22.2. The Bertz CT molecular complexity index is 970. The highest BCUT2D eigenvalue weighted by Crippen LogP contribution is 2.33. The Hall–Kier alpha value is -3.23. The van der Waals surface area contributed by atoms with Crippen molar-refractivity contribution >= 4 is 17.7 Å². The summed E-state index contributed by atoms with van der Waals surface area (Å²) in [6, 6.07) is 10.9. The first-order chi connectivity index (χ1) is 15.0. The van der Waals surface area contributed by atoms with Crippen LogP contribution in [0.3, 0.4) is 0 Å². The Morgan fingerprint density at radius 1 is 1.23 bits per heavy atom. The van der Waals surface area contributed by atoms with Crippen molar-refractivity contribution in [2.45, 2.75) is 33.5 Å². The molecule has 3 rings (SSSR count). The van der Waals surface area contributed by atoms with E-state index < -0.39 is 4.92 Å². The van der Waals surface area contributed by atoms with Crippen LogP contribution in [0.5, 0.6) is 5.75 Å². The zero-order valence-corrected chi connectivity index (χ0v) is 17.8. The molecule has 0 aliphatic carbocycles. The van der Waals surface area contributed by atoms with Crippen LogP contribution < -0.4 is 10.1 Å². The molecule has 31 heavy (non-hydrogen) atoms. The summed E-state index contributed by atoms with van der Waals surface area (Å²) >= 11 is 0. The van der Waals surface area contributed by atoms with E-state index in [4.69, 9.17) is 9.47 Å². The Morgan fingerprint density at radius 2 is 1.97 bits per heavy atom. The molecule has 0 saturated heterocycles. The largest absolute Gasteiger partial charge is 0.467 e. The fourth-order valence-electron chi connectivity index (χ4n) is 3.44. The number of nitrogens with zero attached hydrogens (tertiary/aromatic N) is 2. The van der Waals surface area contributed by atoms with E-state index in [0.29, 0.717) is 23.4 Å². The van der Waals surface area contributed by atoms with Crippen LogP contribution in [0, 0.1) is 10.1 Å². The lowest BCUT2D eigenvalue weighted by Crippen LogP contribution is -2.25. The fourth-order valence-corrected chi connectivity index (χ4v) is 3.44. The molecule has 0 fully saturated rings. The Morgan fingerprint density at radius 3 is 2.68 bits per heavy atom. The lowest BCUT2D eigenvalue weighted by Gasteiger charge is -2.20. The Kier molecular flexibility index (Phi) is 7.75. The molecule has 0 bridgehead atoms. The summed E-state index contributed by atoms with van der Waals surface area (Å²) in [5, 5.41) is 14.1. The van der Waals surface area contributed by atoms with Crippen molar-refractivity contribution in [1.82, 2.24) is 10.2 Å². The van der Waals surface area contributed by atoms with Crippen LogP contribution in [-0.4, -0.2) is 35.6 Å². The summed E-state index contributed by atoms with van der Waals surface area (Å²) in [4.78, 5) is 25.5. The van der Waals surface area contributed by atoms with Crippen LogP contribution in [0.25, 0.3) is 6.08 Å². The van der Waals surface area contributed by atoms with E-state index in [1.807, 2.05) is 18.2 Å². The van der Waals surface area contributed by atoms with E-state index >= 15 is 0 Å². The number of ether oxygens (including phenoxy) is 2. The number of carbonyl (C=O) groups excluding carboxylic acids is 1. The number of non-ortho nitro benzene ring substituents is 1. The normalized spacial score (nSPS) is 13.1. The summed E-state index contributed by atoms with van der Waals surface area (Å²) in [5.41, 5.74) is 3.23. The van der Waals surface area contributed by atoms with Crippen molar-refractivity contribution in [2.24, 2.45) is 0 Å². The number of hydrogen-bond donors (Lipinski definition) is 1. The second-order valence-electron chi connectivity index (χ2n) is 7.17. The van der Waals surface area contributed by atoms with Gasteiger partial charge < -0.3 is 14.8 Å². The molecular formula is C23H27N3O5. The predicted octanol–water partition coefficient (Wildman–Crippen LogP) is 3.63. The number of carbonyl (C=O) groups is 1. The minimum absolute atomic E-state index is 0.0706. The average molecular weight is 425 g/mol.